The van der Waals surface area contributed by atoms with Gasteiger partial charge in [-0.2, -0.15) is 0 Å². The molecule has 23 heavy (non-hydrogen) atoms. The van der Waals surface area contributed by atoms with Crippen LogP contribution in [0.2, 0.25) is 0 Å². The van der Waals surface area contributed by atoms with Crippen molar-refractivity contribution in [3.63, 3.8) is 0 Å². The fourth-order valence-electron chi connectivity index (χ4n) is 2.04. The molecule has 0 saturated carbocycles. The monoisotopic (exact) mass is 320 g/mol. The normalized spacial score (nSPS) is 13.3. The van der Waals surface area contributed by atoms with E-state index < -0.39 is 5.41 Å². The first-order valence-electron chi connectivity index (χ1n) is 7.80. The SMILES string of the molecule is CC(C)(C)C(=O)NCCC(=O)NCc1ccc2c(c1)OCCO2. The maximum absolute atomic E-state index is 11.8. The lowest BCUT2D eigenvalue weighted by atomic mass is 9.96. The molecule has 0 aliphatic carbocycles. The van der Waals surface area contributed by atoms with Gasteiger partial charge in [-0.05, 0) is 17.7 Å². The smallest absolute Gasteiger partial charge is 0.225 e. The van der Waals surface area contributed by atoms with Crippen LogP contribution in [0.1, 0.15) is 32.8 Å². The molecule has 0 spiro atoms. The van der Waals surface area contributed by atoms with Gasteiger partial charge in [0.15, 0.2) is 11.5 Å². The van der Waals surface area contributed by atoms with Gasteiger partial charge in [0.25, 0.3) is 0 Å². The summed E-state index contributed by atoms with van der Waals surface area (Å²) in [5.74, 6) is 1.28. The van der Waals surface area contributed by atoms with Crippen molar-refractivity contribution < 1.29 is 19.1 Å². The number of nitrogens with one attached hydrogen (secondary N) is 2. The molecule has 1 aliphatic rings. The van der Waals surface area contributed by atoms with Gasteiger partial charge in [-0.15, -0.1) is 0 Å². The number of carbonyl (C=O) groups is 2. The minimum absolute atomic E-state index is 0.0582. The molecule has 0 unspecified atom stereocenters. The highest BCUT2D eigenvalue weighted by molar-refractivity contribution is 5.82. The molecule has 2 N–H and O–H groups in total. The van der Waals surface area contributed by atoms with Gasteiger partial charge in [0.1, 0.15) is 13.2 Å². The lowest BCUT2D eigenvalue weighted by Gasteiger charge is -2.19. The van der Waals surface area contributed by atoms with Gasteiger partial charge in [-0.3, -0.25) is 9.59 Å². The van der Waals surface area contributed by atoms with E-state index in [0.29, 0.717) is 32.1 Å². The number of rotatable bonds is 5. The zero-order chi connectivity index (χ0) is 16.9. The first-order chi connectivity index (χ1) is 10.9. The molecule has 6 nitrogen and oxygen atoms in total. The van der Waals surface area contributed by atoms with E-state index in [-0.39, 0.29) is 18.2 Å². The van der Waals surface area contributed by atoms with Crippen molar-refractivity contribution in [2.24, 2.45) is 5.41 Å². The van der Waals surface area contributed by atoms with E-state index in [2.05, 4.69) is 10.6 Å². The Kier molecular flexibility index (Phi) is 5.47. The molecule has 1 aromatic carbocycles. The quantitative estimate of drug-likeness (QED) is 0.864. The second-order valence-corrected chi connectivity index (χ2v) is 6.51. The van der Waals surface area contributed by atoms with Crippen LogP contribution in [-0.2, 0) is 16.1 Å². The summed E-state index contributed by atoms with van der Waals surface area (Å²) in [5.41, 5.74) is 0.503. The summed E-state index contributed by atoms with van der Waals surface area (Å²) in [5, 5.41) is 5.59. The van der Waals surface area contributed by atoms with Crippen molar-refractivity contribution in [3.8, 4) is 11.5 Å². The van der Waals surface area contributed by atoms with E-state index in [1.807, 2.05) is 39.0 Å². The van der Waals surface area contributed by atoms with Crippen molar-refractivity contribution in [2.75, 3.05) is 19.8 Å². The van der Waals surface area contributed by atoms with Gasteiger partial charge in [0.05, 0.1) is 0 Å². The van der Waals surface area contributed by atoms with Crippen LogP contribution in [0.25, 0.3) is 0 Å². The summed E-state index contributed by atoms with van der Waals surface area (Å²) in [4.78, 5) is 23.5. The van der Waals surface area contributed by atoms with Crippen LogP contribution in [0.5, 0.6) is 11.5 Å². The lowest BCUT2D eigenvalue weighted by molar-refractivity contribution is -0.128. The first kappa shape index (κ1) is 17.1. The van der Waals surface area contributed by atoms with Crippen molar-refractivity contribution in [2.45, 2.75) is 33.7 Å². The van der Waals surface area contributed by atoms with Crippen LogP contribution in [0.15, 0.2) is 18.2 Å². The van der Waals surface area contributed by atoms with Crippen LogP contribution < -0.4 is 20.1 Å². The summed E-state index contributed by atoms with van der Waals surface area (Å²) >= 11 is 0. The molecule has 2 amide bonds. The Balaban J connectivity index is 1.73. The second kappa shape index (κ2) is 7.35. The third-order valence-electron chi connectivity index (χ3n) is 3.42. The third-order valence-corrected chi connectivity index (χ3v) is 3.42. The Bertz CT molecular complexity index is 578. The topological polar surface area (TPSA) is 76.7 Å². The Morgan fingerprint density at radius 2 is 1.78 bits per heavy atom. The largest absolute Gasteiger partial charge is 0.486 e. The van der Waals surface area contributed by atoms with Crippen LogP contribution in [0.3, 0.4) is 0 Å². The molecular weight excluding hydrogens is 296 g/mol. The van der Waals surface area contributed by atoms with Crippen LogP contribution in [0, 0.1) is 5.41 Å². The predicted molar refractivity (Wildman–Crippen MR) is 86.4 cm³/mol. The predicted octanol–water partition coefficient (Wildman–Crippen LogP) is 1.63. The molecule has 0 bridgehead atoms. The van der Waals surface area contributed by atoms with Crippen molar-refractivity contribution >= 4 is 11.8 Å². The van der Waals surface area contributed by atoms with E-state index >= 15 is 0 Å². The number of fused-ring (bicyclic) bond motifs is 1. The zero-order valence-electron chi connectivity index (χ0n) is 13.9. The number of carbonyl (C=O) groups excluding carboxylic acids is 2. The number of hydrogen-bond donors (Lipinski definition) is 2. The Morgan fingerprint density at radius 1 is 1.09 bits per heavy atom. The van der Waals surface area contributed by atoms with Crippen LogP contribution in [-0.4, -0.2) is 31.6 Å². The number of amides is 2. The van der Waals surface area contributed by atoms with E-state index in [4.69, 9.17) is 9.47 Å². The first-order valence-corrected chi connectivity index (χ1v) is 7.80. The van der Waals surface area contributed by atoms with Crippen LogP contribution >= 0.6 is 0 Å². The molecule has 1 aliphatic heterocycles. The Morgan fingerprint density at radius 3 is 2.48 bits per heavy atom. The van der Waals surface area contributed by atoms with Crippen molar-refractivity contribution in [3.05, 3.63) is 23.8 Å². The van der Waals surface area contributed by atoms with Crippen molar-refractivity contribution in [1.29, 1.82) is 0 Å². The molecule has 0 radical (unpaired) electrons. The molecular formula is C17H24N2O4. The molecule has 0 saturated heterocycles. The maximum Gasteiger partial charge on any atom is 0.225 e. The fraction of sp³-hybridized carbons (Fsp3) is 0.529. The molecule has 1 heterocycles. The number of hydrogen-bond acceptors (Lipinski definition) is 4. The Hall–Kier alpha value is -2.24. The fourth-order valence-corrected chi connectivity index (χ4v) is 2.04. The maximum atomic E-state index is 11.8. The van der Waals surface area contributed by atoms with Crippen molar-refractivity contribution in [1.82, 2.24) is 10.6 Å². The molecule has 126 valence electrons. The van der Waals surface area contributed by atoms with Crippen LogP contribution in [0.4, 0.5) is 0 Å². The second-order valence-electron chi connectivity index (χ2n) is 6.51. The van der Waals surface area contributed by atoms with Gasteiger partial charge in [0, 0.05) is 24.9 Å². The lowest BCUT2D eigenvalue weighted by Crippen LogP contribution is -2.37. The zero-order valence-corrected chi connectivity index (χ0v) is 13.9. The standard InChI is InChI=1S/C17H24N2O4/c1-17(2,3)16(21)18-7-6-15(20)19-11-12-4-5-13-14(10-12)23-9-8-22-13/h4-5,10H,6-9,11H2,1-3H3,(H,18,21)(H,19,20). The Labute approximate surface area is 136 Å². The minimum Gasteiger partial charge on any atom is -0.486 e. The summed E-state index contributed by atoms with van der Waals surface area (Å²) < 4.78 is 11.0. The van der Waals surface area contributed by atoms with E-state index in [1.165, 1.54) is 0 Å². The number of benzene rings is 1. The van der Waals surface area contributed by atoms with E-state index in [9.17, 15) is 9.59 Å². The van der Waals surface area contributed by atoms with Gasteiger partial charge >= 0.3 is 0 Å². The van der Waals surface area contributed by atoms with Gasteiger partial charge in [-0.25, -0.2) is 0 Å². The summed E-state index contributed by atoms with van der Waals surface area (Å²) in [6.07, 6.45) is 0.256. The average Bonchev–Trinajstić information content (AvgIpc) is 2.51. The van der Waals surface area contributed by atoms with E-state index in [1.54, 1.807) is 0 Å². The third kappa shape index (κ3) is 5.16. The minimum atomic E-state index is -0.443. The average molecular weight is 320 g/mol. The molecule has 0 aromatic heterocycles. The van der Waals surface area contributed by atoms with E-state index in [0.717, 1.165) is 11.3 Å². The summed E-state index contributed by atoms with van der Waals surface area (Å²) in [6.45, 7) is 7.37. The molecule has 0 fully saturated rings. The van der Waals surface area contributed by atoms with Gasteiger partial charge < -0.3 is 20.1 Å². The van der Waals surface area contributed by atoms with Gasteiger partial charge in [-0.1, -0.05) is 26.8 Å². The summed E-state index contributed by atoms with van der Waals surface area (Å²) in [7, 11) is 0. The molecule has 6 heteroatoms. The highest BCUT2D eigenvalue weighted by Crippen LogP contribution is 2.30. The number of ether oxygens (including phenoxy) is 2. The highest BCUT2D eigenvalue weighted by Gasteiger charge is 2.20. The molecule has 0 atom stereocenters. The molecule has 2 rings (SSSR count). The molecule has 1 aromatic rings. The summed E-state index contributed by atoms with van der Waals surface area (Å²) in [6, 6.07) is 5.62. The van der Waals surface area contributed by atoms with Gasteiger partial charge in [0.2, 0.25) is 11.8 Å². The highest BCUT2D eigenvalue weighted by atomic mass is 16.6.